The Hall–Kier alpha value is -2.91. The van der Waals surface area contributed by atoms with Gasteiger partial charge in [0.1, 0.15) is 5.78 Å². The molecule has 1 aliphatic rings. The van der Waals surface area contributed by atoms with Crippen molar-refractivity contribution in [3.8, 4) is 0 Å². The van der Waals surface area contributed by atoms with Crippen LogP contribution in [-0.2, 0) is 28.9 Å². The first-order valence-corrected chi connectivity index (χ1v) is 13.6. The molecule has 0 spiro atoms. The van der Waals surface area contributed by atoms with E-state index < -0.39 is 0 Å². The number of rotatable bonds is 11. The maximum atomic E-state index is 13.6. The maximum absolute atomic E-state index is 13.6. The van der Waals surface area contributed by atoms with Crippen LogP contribution in [0.15, 0.2) is 84.9 Å². The molecule has 0 saturated carbocycles. The quantitative estimate of drug-likeness (QED) is 0.262. The molecule has 1 amide bonds. The van der Waals surface area contributed by atoms with Crippen molar-refractivity contribution in [2.75, 3.05) is 13.1 Å². The Bertz CT molecular complexity index is 1100. The minimum atomic E-state index is -0.377. The highest BCUT2D eigenvalue weighted by Gasteiger charge is 2.41. The van der Waals surface area contributed by atoms with Crippen LogP contribution in [0.4, 0.5) is 0 Å². The van der Waals surface area contributed by atoms with Crippen molar-refractivity contribution in [2.24, 2.45) is 5.41 Å². The molecule has 3 nitrogen and oxygen atoms in total. The van der Waals surface area contributed by atoms with E-state index in [1.165, 1.54) is 16.7 Å². The van der Waals surface area contributed by atoms with Gasteiger partial charge in [-0.25, -0.2) is 0 Å². The second-order valence-electron chi connectivity index (χ2n) is 10.1. The molecule has 0 aromatic heterocycles. The van der Waals surface area contributed by atoms with Crippen LogP contribution < -0.4 is 0 Å². The number of halogens is 1. The zero-order chi connectivity index (χ0) is 25.2. The van der Waals surface area contributed by atoms with Crippen LogP contribution in [0.3, 0.4) is 0 Å². The highest BCUT2D eigenvalue weighted by atomic mass is 35.5. The van der Waals surface area contributed by atoms with Crippen molar-refractivity contribution < 1.29 is 9.59 Å². The molecule has 4 rings (SSSR count). The number of carbonyl (C=O) groups is 2. The van der Waals surface area contributed by atoms with Crippen LogP contribution in [-0.4, -0.2) is 29.7 Å². The standard InChI is InChI=1S/C32H36ClNO2/c33-29-18-15-27(16-19-29)11-7-8-14-30(35)32(25-28-12-5-2-6-13-28)21-23-34(24-22-32)31(36)20-17-26-9-3-1-4-10-26/h1-6,9-10,12-13,15-16,18-19H,7-8,11,14,17,20-25H2. The lowest BCUT2D eigenvalue weighted by atomic mass is 9.69. The molecule has 0 aliphatic carbocycles. The normalized spacial score (nSPS) is 15.0. The van der Waals surface area contributed by atoms with Crippen molar-refractivity contribution in [2.45, 2.75) is 57.8 Å². The lowest BCUT2D eigenvalue weighted by Crippen LogP contribution is -2.47. The van der Waals surface area contributed by atoms with Gasteiger partial charge in [-0.3, -0.25) is 9.59 Å². The monoisotopic (exact) mass is 501 g/mol. The number of unbranched alkanes of at least 4 members (excludes halogenated alkanes) is 1. The first-order chi connectivity index (χ1) is 17.5. The third-order valence-electron chi connectivity index (χ3n) is 7.55. The fourth-order valence-electron chi connectivity index (χ4n) is 5.31. The van der Waals surface area contributed by atoms with Gasteiger partial charge in [-0.1, -0.05) is 84.4 Å². The van der Waals surface area contributed by atoms with Crippen molar-refractivity contribution in [1.82, 2.24) is 4.90 Å². The molecule has 1 aliphatic heterocycles. The number of Topliss-reactive ketones (excluding diaryl/α,β-unsaturated/α-hetero) is 1. The van der Waals surface area contributed by atoms with Crippen molar-refractivity contribution in [3.63, 3.8) is 0 Å². The Kier molecular flexibility index (Phi) is 9.35. The molecule has 1 fully saturated rings. The SMILES string of the molecule is O=C(CCc1ccccc1)N1CCC(Cc2ccccc2)(C(=O)CCCCc2ccc(Cl)cc2)CC1. The van der Waals surface area contributed by atoms with Crippen LogP contribution >= 0.6 is 11.6 Å². The average Bonchev–Trinajstić information content (AvgIpc) is 2.92. The molecule has 0 bridgehead atoms. The fraction of sp³-hybridized carbons (Fsp3) is 0.375. The molecule has 4 heteroatoms. The lowest BCUT2D eigenvalue weighted by Gasteiger charge is -2.41. The first-order valence-electron chi connectivity index (χ1n) is 13.2. The van der Waals surface area contributed by atoms with E-state index in [2.05, 4.69) is 36.4 Å². The Balaban J connectivity index is 1.33. The van der Waals surface area contributed by atoms with Gasteiger partial charge in [0.05, 0.1) is 0 Å². The number of ketones is 1. The number of aryl methyl sites for hydroxylation is 2. The third-order valence-corrected chi connectivity index (χ3v) is 7.80. The number of hydrogen-bond donors (Lipinski definition) is 0. The van der Waals surface area contributed by atoms with Gasteiger partial charge in [0.15, 0.2) is 0 Å². The summed E-state index contributed by atoms with van der Waals surface area (Å²) in [7, 11) is 0. The van der Waals surface area contributed by atoms with E-state index in [1.54, 1.807) is 0 Å². The highest BCUT2D eigenvalue weighted by Crippen LogP contribution is 2.38. The fourth-order valence-corrected chi connectivity index (χ4v) is 5.44. The maximum Gasteiger partial charge on any atom is 0.222 e. The number of piperidine rings is 1. The highest BCUT2D eigenvalue weighted by molar-refractivity contribution is 6.30. The lowest BCUT2D eigenvalue weighted by molar-refractivity contribution is -0.139. The van der Waals surface area contributed by atoms with E-state index in [9.17, 15) is 9.59 Å². The van der Waals surface area contributed by atoms with Gasteiger partial charge in [-0.05, 0) is 73.8 Å². The molecular weight excluding hydrogens is 466 g/mol. The zero-order valence-corrected chi connectivity index (χ0v) is 21.8. The summed E-state index contributed by atoms with van der Waals surface area (Å²) >= 11 is 5.99. The molecule has 0 radical (unpaired) electrons. The molecular formula is C32H36ClNO2. The van der Waals surface area contributed by atoms with Gasteiger partial charge in [-0.15, -0.1) is 0 Å². The number of hydrogen-bond acceptors (Lipinski definition) is 2. The zero-order valence-electron chi connectivity index (χ0n) is 21.0. The molecule has 36 heavy (non-hydrogen) atoms. The van der Waals surface area contributed by atoms with E-state index in [-0.39, 0.29) is 11.3 Å². The predicted octanol–water partition coefficient (Wildman–Crippen LogP) is 7.11. The molecule has 3 aromatic rings. The first kappa shape index (κ1) is 26.2. The van der Waals surface area contributed by atoms with Crippen molar-refractivity contribution in [1.29, 1.82) is 0 Å². The van der Waals surface area contributed by atoms with Gasteiger partial charge in [0, 0.05) is 36.4 Å². The van der Waals surface area contributed by atoms with Crippen LogP contribution in [0.2, 0.25) is 5.02 Å². The predicted molar refractivity (Wildman–Crippen MR) is 147 cm³/mol. The molecule has 1 saturated heterocycles. The van der Waals surface area contributed by atoms with Crippen molar-refractivity contribution >= 4 is 23.3 Å². The second-order valence-corrected chi connectivity index (χ2v) is 10.5. The number of carbonyl (C=O) groups excluding carboxylic acids is 2. The van der Waals surface area contributed by atoms with Gasteiger partial charge in [0.2, 0.25) is 5.91 Å². The summed E-state index contributed by atoms with van der Waals surface area (Å²) in [6.45, 7) is 1.33. The number of amides is 1. The van der Waals surface area contributed by atoms with E-state index in [1.807, 2.05) is 53.4 Å². The van der Waals surface area contributed by atoms with Crippen LogP contribution in [0.25, 0.3) is 0 Å². The van der Waals surface area contributed by atoms with E-state index >= 15 is 0 Å². The Morgan fingerprint density at radius 2 is 1.28 bits per heavy atom. The van der Waals surface area contributed by atoms with Crippen LogP contribution in [0, 0.1) is 5.41 Å². The molecule has 0 atom stereocenters. The van der Waals surface area contributed by atoms with Gasteiger partial charge >= 0.3 is 0 Å². The molecule has 3 aromatic carbocycles. The number of likely N-dealkylation sites (tertiary alicyclic amines) is 1. The van der Waals surface area contributed by atoms with Gasteiger partial charge in [0.25, 0.3) is 0 Å². The van der Waals surface area contributed by atoms with Crippen LogP contribution in [0.1, 0.15) is 55.2 Å². The summed E-state index contributed by atoms with van der Waals surface area (Å²) in [5.41, 5.74) is 3.27. The Morgan fingerprint density at radius 3 is 1.92 bits per heavy atom. The minimum absolute atomic E-state index is 0.197. The summed E-state index contributed by atoms with van der Waals surface area (Å²) in [4.78, 5) is 28.5. The smallest absolute Gasteiger partial charge is 0.222 e. The third kappa shape index (κ3) is 7.30. The second kappa shape index (κ2) is 12.9. The number of benzene rings is 3. The van der Waals surface area contributed by atoms with E-state index in [0.717, 1.165) is 50.0 Å². The summed E-state index contributed by atoms with van der Waals surface area (Å²) < 4.78 is 0. The number of nitrogens with zero attached hydrogens (tertiary/aromatic N) is 1. The summed E-state index contributed by atoms with van der Waals surface area (Å²) in [6.07, 6.45) is 6.96. The largest absolute Gasteiger partial charge is 0.343 e. The molecule has 0 unspecified atom stereocenters. The topological polar surface area (TPSA) is 37.4 Å². The molecule has 0 N–H and O–H groups in total. The van der Waals surface area contributed by atoms with E-state index in [0.29, 0.717) is 31.7 Å². The summed E-state index contributed by atoms with van der Waals surface area (Å²) in [6, 6.07) is 28.5. The summed E-state index contributed by atoms with van der Waals surface area (Å²) in [5.74, 6) is 0.557. The van der Waals surface area contributed by atoms with Crippen LogP contribution in [0.5, 0.6) is 0 Å². The minimum Gasteiger partial charge on any atom is -0.343 e. The van der Waals surface area contributed by atoms with Crippen molar-refractivity contribution in [3.05, 3.63) is 107 Å². The van der Waals surface area contributed by atoms with Gasteiger partial charge < -0.3 is 4.90 Å². The molecule has 1 heterocycles. The van der Waals surface area contributed by atoms with E-state index in [4.69, 9.17) is 11.6 Å². The average molecular weight is 502 g/mol. The Morgan fingerprint density at radius 1 is 0.694 bits per heavy atom. The summed E-state index contributed by atoms with van der Waals surface area (Å²) in [5, 5.41) is 0.752. The Labute approximate surface area is 220 Å². The van der Waals surface area contributed by atoms with Gasteiger partial charge in [-0.2, -0.15) is 0 Å². The molecule has 188 valence electrons.